The summed E-state index contributed by atoms with van der Waals surface area (Å²) >= 11 is 7.81. The molecule has 0 saturated heterocycles. The van der Waals surface area contributed by atoms with E-state index in [0.717, 1.165) is 26.8 Å². The number of hydrogen-bond donors (Lipinski definition) is 0. The Hall–Kier alpha value is -2.17. The molecule has 0 heterocycles. The maximum Gasteiger partial charge on any atom is 0.341 e. The zero-order chi connectivity index (χ0) is 18.1. The Bertz CT molecular complexity index is 784. The van der Waals surface area contributed by atoms with Crippen LogP contribution in [0.15, 0.2) is 65.8 Å². The van der Waals surface area contributed by atoms with E-state index >= 15 is 0 Å². The molecule has 0 aliphatic heterocycles. The Morgan fingerprint density at radius 1 is 1.12 bits per heavy atom. The van der Waals surface area contributed by atoms with Crippen LogP contribution in [0.3, 0.4) is 0 Å². The molecule has 0 aliphatic rings. The van der Waals surface area contributed by atoms with Gasteiger partial charge in [-0.1, -0.05) is 60.2 Å². The lowest BCUT2D eigenvalue weighted by molar-refractivity contribution is -0.133. The van der Waals surface area contributed by atoms with Gasteiger partial charge in [-0.2, -0.15) is 0 Å². The number of ether oxygens (including phenoxy) is 2. The van der Waals surface area contributed by atoms with E-state index in [1.54, 1.807) is 11.8 Å². The number of benzene rings is 2. The topological polar surface area (TPSA) is 35.5 Å². The highest BCUT2D eigenvalue weighted by atomic mass is 35.5. The maximum atomic E-state index is 12.0. The average molecular weight is 375 g/mol. The lowest BCUT2D eigenvalue weighted by atomic mass is 10.0. The van der Waals surface area contributed by atoms with Crippen LogP contribution in [0.25, 0.3) is 11.6 Å². The largest absolute Gasteiger partial charge is 0.503 e. The second-order valence-corrected chi connectivity index (χ2v) is 6.46. The van der Waals surface area contributed by atoms with Crippen molar-refractivity contribution in [1.29, 1.82) is 0 Å². The quantitative estimate of drug-likeness (QED) is 0.285. The Morgan fingerprint density at radius 3 is 2.56 bits per heavy atom. The van der Waals surface area contributed by atoms with Crippen molar-refractivity contribution in [3.63, 3.8) is 0 Å². The lowest BCUT2D eigenvalue weighted by Crippen LogP contribution is -2.05. The molecule has 0 aliphatic carbocycles. The molecule has 2 aromatic rings. The normalized spacial score (nSPS) is 11.6. The van der Waals surface area contributed by atoms with Gasteiger partial charge in [0.05, 0.1) is 25.5 Å². The minimum atomic E-state index is -0.437. The second-order valence-electron chi connectivity index (χ2n) is 4.99. The van der Waals surface area contributed by atoms with Crippen LogP contribution in [-0.2, 0) is 14.3 Å². The fourth-order valence-corrected chi connectivity index (χ4v) is 3.26. The molecule has 2 aromatic carbocycles. The van der Waals surface area contributed by atoms with E-state index in [1.807, 2.05) is 60.7 Å². The van der Waals surface area contributed by atoms with E-state index in [9.17, 15) is 4.79 Å². The number of thioether (sulfide) groups is 1. The predicted octanol–water partition coefficient (Wildman–Crippen LogP) is 5.31. The first kappa shape index (κ1) is 19.2. The van der Waals surface area contributed by atoms with Gasteiger partial charge in [-0.15, -0.1) is 11.8 Å². The van der Waals surface area contributed by atoms with E-state index in [1.165, 1.54) is 20.5 Å². The van der Waals surface area contributed by atoms with E-state index in [-0.39, 0.29) is 0 Å². The van der Waals surface area contributed by atoms with Gasteiger partial charge in [-0.25, -0.2) is 4.79 Å². The lowest BCUT2D eigenvalue weighted by Gasteiger charge is -2.09. The fraction of sp³-hybridized carbons (Fsp3) is 0.150. The highest BCUT2D eigenvalue weighted by molar-refractivity contribution is 7.99. The van der Waals surface area contributed by atoms with Crippen LogP contribution in [0.5, 0.6) is 0 Å². The number of carbonyl (C=O) groups excluding carboxylic acids is 1. The molecule has 0 radical (unpaired) electrons. The van der Waals surface area contributed by atoms with E-state index < -0.39 is 5.97 Å². The van der Waals surface area contributed by atoms with Crippen LogP contribution >= 0.6 is 23.4 Å². The van der Waals surface area contributed by atoms with Crippen LogP contribution in [0.2, 0.25) is 5.02 Å². The summed E-state index contributed by atoms with van der Waals surface area (Å²) < 4.78 is 9.87. The van der Waals surface area contributed by atoms with Crippen molar-refractivity contribution in [2.24, 2.45) is 0 Å². The Balaban J connectivity index is 2.16. The molecule has 0 spiro atoms. The van der Waals surface area contributed by atoms with E-state index in [4.69, 9.17) is 21.1 Å². The van der Waals surface area contributed by atoms with Gasteiger partial charge in [0, 0.05) is 10.6 Å². The molecule has 0 saturated carbocycles. The molecule has 0 N–H and O–H groups in total. The number of esters is 1. The third-order valence-electron chi connectivity index (χ3n) is 3.36. The molecule has 0 amide bonds. The molecule has 0 unspecified atom stereocenters. The van der Waals surface area contributed by atoms with Crippen molar-refractivity contribution < 1.29 is 14.3 Å². The predicted molar refractivity (Wildman–Crippen MR) is 105 cm³/mol. The molecule has 0 fully saturated rings. The number of halogens is 1. The summed E-state index contributed by atoms with van der Waals surface area (Å²) in [7, 11) is 2.85. The average Bonchev–Trinajstić information content (AvgIpc) is 2.64. The summed E-state index contributed by atoms with van der Waals surface area (Å²) in [6.45, 7) is 0. The Kier molecular flexibility index (Phi) is 7.64. The summed E-state index contributed by atoms with van der Waals surface area (Å²) in [5.74, 6) is 0.327. The fourth-order valence-electron chi connectivity index (χ4n) is 2.21. The zero-order valence-electron chi connectivity index (χ0n) is 14.1. The minimum absolute atomic E-state index is 0.379. The third kappa shape index (κ3) is 5.41. The van der Waals surface area contributed by atoms with Crippen LogP contribution in [-0.4, -0.2) is 25.9 Å². The van der Waals surface area contributed by atoms with Gasteiger partial charge in [-0.3, -0.25) is 0 Å². The molecule has 0 bridgehead atoms. The van der Waals surface area contributed by atoms with E-state index in [2.05, 4.69) is 0 Å². The van der Waals surface area contributed by atoms with Crippen molar-refractivity contribution in [3.8, 4) is 0 Å². The van der Waals surface area contributed by atoms with Crippen molar-refractivity contribution >= 4 is 41.0 Å². The standard InChI is InChI=1S/C20H19ClO3S/c1-23-14-17(20(22)24-2)16-10-4-3-8-15(16)9-7-13-25-19-12-6-5-11-18(19)21/h3-12,14H,13H2,1-2H3/b9-7+,17-14+. The SMILES string of the molecule is CO/C=C(/C(=O)OC)c1ccccc1/C=C/CSc1ccccc1Cl. The van der Waals surface area contributed by atoms with Crippen LogP contribution in [0.4, 0.5) is 0 Å². The first-order valence-corrected chi connectivity index (χ1v) is 8.98. The summed E-state index contributed by atoms with van der Waals surface area (Å²) in [6, 6.07) is 15.3. The van der Waals surface area contributed by atoms with Crippen molar-refractivity contribution in [3.05, 3.63) is 77.0 Å². The number of methoxy groups -OCH3 is 2. The number of carbonyl (C=O) groups is 1. The van der Waals surface area contributed by atoms with Crippen molar-refractivity contribution in [1.82, 2.24) is 0 Å². The van der Waals surface area contributed by atoms with Gasteiger partial charge in [0.25, 0.3) is 0 Å². The molecule has 5 heteroatoms. The van der Waals surface area contributed by atoms with Gasteiger partial charge < -0.3 is 9.47 Å². The zero-order valence-corrected chi connectivity index (χ0v) is 15.6. The number of rotatable bonds is 7. The van der Waals surface area contributed by atoms with Crippen molar-refractivity contribution in [2.75, 3.05) is 20.0 Å². The first-order valence-electron chi connectivity index (χ1n) is 7.62. The molecule has 3 nitrogen and oxygen atoms in total. The van der Waals surface area contributed by atoms with Crippen molar-refractivity contribution in [2.45, 2.75) is 4.90 Å². The monoisotopic (exact) mass is 374 g/mol. The first-order chi connectivity index (χ1) is 12.2. The Labute approximate surface area is 157 Å². The third-order valence-corrected chi connectivity index (χ3v) is 4.83. The summed E-state index contributed by atoms with van der Waals surface area (Å²) in [6.07, 6.45) is 5.41. The molecule has 2 rings (SSSR count). The highest BCUT2D eigenvalue weighted by Crippen LogP contribution is 2.27. The van der Waals surface area contributed by atoms with Crippen LogP contribution in [0.1, 0.15) is 11.1 Å². The molecular weight excluding hydrogens is 356 g/mol. The Morgan fingerprint density at radius 2 is 1.84 bits per heavy atom. The molecule has 0 atom stereocenters. The molecule has 130 valence electrons. The summed E-state index contributed by atoms with van der Waals surface area (Å²) in [5, 5.41) is 0.748. The molecular formula is C20H19ClO3S. The van der Waals surface area contributed by atoms with Crippen LogP contribution < -0.4 is 0 Å². The maximum absolute atomic E-state index is 12.0. The van der Waals surface area contributed by atoms with Gasteiger partial charge in [-0.05, 0) is 23.3 Å². The van der Waals surface area contributed by atoms with Gasteiger partial charge in [0.1, 0.15) is 5.57 Å². The van der Waals surface area contributed by atoms with Gasteiger partial charge in [0.15, 0.2) is 0 Å². The number of hydrogen-bond acceptors (Lipinski definition) is 4. The van der Waals surface area contributed by atoms with Gasteiger partial charge in [0.2, 0.25) is 0 Å². The smallest absolute Gasteiger partial charge is 0.341 e. The molecule has 25 heavy (non-hydrogen) atoms. The second kappa shape index (κ2) is 9.97. The minimum Gasteiger partial charge on any atom is -0.503 e. The highest BCUT2D eigenvalue weighted by Gasteiger charge is 2.15. The van der Waals surface area contributed by atoms with E-state index in [0.29, 0.717) is 5.57 Å². The van der Waals surface area contributed by atoms with Gasteiger partial charge >= 0.3 is 5.97 Å². The summed E-state index contributed by atoms with van der Waals surface area (Å²) in [4.78, 5) is 13.0. The summed E-state index contributed by atoms with van der Waals surface area (Å²) in [5.41, 5.74) is 2.05. The molecule has 0 aromatic heterocycles. The van der Waals surface area contributed by atoms with Crippen LogP contribution in [0, 0.1) is 0 Å².